The van der Waals surface area contributed by atoms with Gasteiger partial charge in [-0.1, -0.05) is 20.3 Å². The van der Waals surface area contributed by atoms with Crippen molar-refractivity contribution >= 4 is 11.9 Å². The summed E-state index contributed by atoms with van der Waals surface area (Å²) < 4.78 is 0. The van der Waals surface area contributed by atoms with E-state index in [1.54, 1.807) is 6.92 Å². The molecule has 5 nitrogen and oxygen atoms in total. The minimum absolute atomic E-state index is 0.0728. The first-order valence-electron chi connectivity index (χ1n) is 7.09. The molecule has 0 aromatic rings. The molecule has 0 heterocycles. The van der Waals surface area contributed by atoms with Crippen molar-refractivity contribution in [1.29, 1.82) is 0 Å². The zero-order valence-electron chi connectivity index (χ0n) is 12.4. The van der Waals surface area contributed by atoms with Crippen LogP contribution in [0.15, 0.2) is 0 Å². The Morgan fingerprint density at radius 3 is 2.37 bits per heavy atom. The van der Waals surface area contributed by atoms with E-state index in [0.717, 1.165) is 19.3 Å². The van der Waals surface area contributed by atoms with Crippen LogP contribution in [-0.2, 0) is 9.59 Å². The Morgan fingerprint density at radius 2 is 1.95 bits per heavy atom. The van der Waals surface area contributed by atoms with Crippen molar-refractivity contribution < 1.29 is 14.7 Å². The van der Waals surface area contributed by atoms with Crippen LogP contribution in [0.25, 0.3) is 0 Å². The Labute approximate surface area is 115 Å². The molecule has 0 aromatic heterocycles. The first kappa shape index (κ1) is 17.9. The summed E-state index contributed by atoms with van der Waals surface area (Å²) in [4.78, 5) is 22.8. The maximum atomic E-state index is 11.7. The average molecular weight is 272 g/mol. The van der Waals surface area contributed by atoms with Crippen molar-refractivity contribution in [3.05, 3.63) is 0 Å². The van der Waals surface area contributed by atoms with E-state index in [1.165, 1.54) is 0 Å². The lowest BCUT2D eigenvalue weighted by Gasteiger charge is -2.23. The number of hydrogen-bond acceptors (Lipinski definition) is 3. The molecule has 0 aromatic carbocycles. The second kappa shape index (κ2) is 8.91. The van der Waals surface area contributed by atoms with Crippen molar-refractivity contribution in [2.75, 3.05) is 13.1 Å². The summed E-state index contributed by atoms with van der Waals surface area (Å²) >= 11 is 0. The van der Waals surface area contributed by atoms with Crippen LogP contribution < -0.4 is 11.1 Å². The Bertz CT molecular complexity index is 294. The molecule has 0 fully saturated rings. The minimum Gasteiger partial charge on any atom is -0.481 e. The Hall–Kier alpha value is -1.10. The van der Waals surface area contributed by atoms with Gasteiger partial charge in [-0.15, -0.1) is 0 Å². The summed E-state index contributed by atoms with van der Waals surface area (Å²) in [5, 5.41) is 11.8. The topological polar surface area (TPSA) is 92.4 Å². The number of carbonyl (C=O) groups excluding carboxylic acids is 1. The number of amides is 1. The largest absolute Gasteiger partial charge is 0.481 e. The molecule has 0 aliphatic heterocycles. The molecule has 0 rings (SSSR count). The molecule has 0 saturated carbocycles. The van der Waals surface area contributed by atoms with Crippen molar-refractivity contribution in [1.82, 2.24) is 5.32 Å². The number of nitrogens with one attached hydrogen (secondary N) is 1. The highest BCUT2D eigenvalue weighted by Gasteiger charge is 2.31. The standard InChI is InChI=1S/C14H28N2O3/c1-4-11(8-9-15)6-7-12(17)16-10-14(3,5-2)13(18)19/h11H,4-10,15H2,1-3H3,(H,16,17)(H,18,19). The first-order chi connectivity index (χ1) is 8.89. The van der Waals surface area contributed by atoms with Crippen molar-refractivity contribution in [3.8, 4) is 0 Å². The Morgan fingerprint density at radius 1 is 1.32 bits per heavy atom. The number of hydrogen-bond donors (Lipinski definition) is 3. The predicted molar refractivity (Wildman–Crippen MR) is 75.7 cm³/mol. The van der Waals surface area contributed by atoms with Gasteiger partial charge in [0.05, 0.1) is 5.41 Å². The molecule has 1 amide bonds. The van der Waals surface area contributed by atoms with E-state index < -0.39 is 11.4 Å². The van der Waals surface area contributed by atoms with E-state index in [-0.39, 0.29) is 12.5 Å². The quantitative estimate of drug-likeness (QED) is 0.565. The number of carboxylic acid groups (broad SMARTS) is 1. The second-order valence-electron chi connectivity index (χ2n) is 5.39. The van der Waals surface area contributed by atoms with Crippen molar-refractivity contribution in [2.45, 2.75) is 52.9 Å². The number of rotatable bonds is 10. The molecule has 5 heteroatoms. The fraction of sp³-hybridized carbons (Fsp3) is 0.857. The molecule has 112 valence electrons. The van der Waals surface area contributed by atoms with Gasteiger partial charge in [-0.3, -0.25) is 9.59 Å². The summed E-state index contributed by atoms with van der Waals surface area (Å²) in [7, 11) is 0. The SMILES string of the molecule is CCC(CCN)CCC(=O)NCC(C)(CC)C(=O)O. The molecule has 19 heavy (non-hydrogen) atoms. The van der Waals surface area contributed by atoms with Crippen LogP contribution in [0.2, 0.25) is 0 Å². The fourth-order valence-electron chi connectivity index (χ4n) is 1.86. The van der Waals surface area contributed by atoms with E-state index >= 15 is 0 Å². The monoisotopic (exact) mass is 272 g/mol. The lowest BCUT2D eigenvalue weighted by Crippen LogP contribution is -2.40. The molecule has 2 unspecified atom stereocenters. The van der Waals surface area contributed by atoms with Crippen LogP contribution >= 0.6 is 0 Å². The van der Waals surface area contributed by atoms with Gasteiger partial charge in [-0.25, -0.2) is 0 Å². The third-order valence-electron chi connectivity index (χ3n) is 3.90. The minimum atomic E-state index is -0.878. The molecule has 0 aliphatic carbocycles. The highest BCUT2D eigenvalue weighted by atomic mass is 16.4. The van der Waals surface area contributed by atoms with Crippen LogP contribution in [0.4, 0.5) is 0 Å². The summed E-state index contributed by atoms with van der Waals surface area (Å²) in [5.74, 6) is -0.464. The normalized spacial score (nSPS) is 15.6. The zero-order valence-corrected chi connectivity index (χ0v) is 12.4. The van der Waals surface area contributed by atoms with Crippen LogP contribution in [0.5, 0.6) is 0 Å². The van der Waals surface area contributed by atoms with Gasteiger partial charge in [-0.05, 0) is 38.6 Å². The molecule has 0 aliphatic rings. The van der Waals surface area contributed by atoms with Crippen LogP contribution in [0.3, 0.4) is 0 Å². The summed E-state index contributed by atoms with van der Waals surface area (Å²) in [5.41, 5.74) is 4.63. The first-order valence-corrected chi connectivity index (χ1v) is 7.09. The molecule has 0 radical (unpaired) electrons. The molecule has 4 N–H and O–H groups in total. The van der Waals surface area contributed by atoms with Crippen molar-refractivity contribution in [3.63, 3.8) is 0 Å². The van der Waals surface area contributed by atoms with Crippen LogP contribution in [0.1, 0.15) is 52.9 Å². The van der Waals surface area contributed by atoms with Gasteiger partial charge in [0.15, 0.2) is 0 Å². The summed E-state index contributed by atoms with van der Waals surface area (Å²) in [6, 6.07) is 0. The lowest BCUT2D eigenvalue weighted by molar-refractivity contribution is -0.148. The predicted octanol–water partition coefficient (Wildman–Crippen LogP) is 1.76. The highest BCUT2D eigenvalue weighted by molar-refractivity contribution is 5.78. The number of carbonyl (C=O) groups is 2. The molecule has 2 atom stereocenters. The smallest absolute Gasteiger partial charge is 0.311 e. The third-order valence-corrected chi connectivity index (χ3v) is 3.90. The van der Waals surface area contributed by atoms with Crippen molar-refractivity contribution in [2.24, 2.45) is 17.1 Å². The average Bonchev–Trinajstić information content (AvgIpc) is 2.40. The van der Waals surface area contributed by atoms with E-state index in [0.29, 0.717) is 25.3 Å². The fourth-order valence-corrected chi connectivity index (χ4v) is 1.86. The molecular formula is C14H28N2O3. The molecule has 0 spiro atoms. The highest BCUT2D eigenvalue weighted by Crippen LogP contribution is 2.20. The zero-order chi connectivity index (χ0) is 14.9. The second-order valence-corrected chi connectivity index (χ2v) is 5.39. The number of carboxylic acids is 1. The maximum Gasteiger partial charge on any atom is 0.311 e. The summed E-state index contributed by atoms with van der Waals surface area (Å²) in [6.07, 6.45) is 3.71. The van der Waals surface area contributed by atoms with E-state index in [2.05, 4.69) is 12.2 Å². The third kappa shape index (κ3) is 6.57. The molecule has 0 bridgehead atoms. The van der Waals surface area contributed by atoms with E-state index in [9.17, 15) is 9.59 Å². The van der Waals surface area contributed by atoms with Crippen LogP contribution in [-0.4, -0.2) is 30.1 Å². The van der Waals surface area contributed by atoms with Crippen LogP contribution in [0, 0.1) is 11.3 Å². The van der Waals surface area contributed by atoms with Gasteiger partial charge in [-0.2, -0.15) is 0 Å². The van der Waals surface area contributed by atoms with Gasteiger partial charge < -0.3 is 16.2 Å². The Kier molecular flexibility index (Phi) is 8.39. The van der Waals surface area contributed by atoms with Gasteiger partial charge >= 0.3 is 5.97 Å². The van der Waals surface area contributed by atoms with Gasteiger partial charge in [0.25, 0.3) is 0 Å². The van der Waals surface area contributed by atoms with Gasteiger partial charge in [0.1, 0.15) is 0 Å². The Balaban J connectivity index is 4.08. The summed E-state index contributed by atoms with van der Waals surface area (Å²) in [6.45, 7) is 6.39. The molecule has 0 saturated heterocycles. The number of nitrogens with two attached hydrogens (primary N) is 1. The lowest BCUT2D eigenvalue weighted by atomic mass is 9.87. The number of aliphatic carboxylic acids is 1. The van der Waals surface area contributed by atoms with E-state index in [4.69, 9.17) is 10.8 Å². The molecular weight excluding hydrogens is 244 g/mol. The van der Waals surface area contributed by atoms with Gasteiger partial charge in [0, 0.05) is 13.0 Å². The maximum absolute atomic E-state index is 11.7. The van der Waals surface area contributed by atoms with E-state index in [1.807, 2.05) is 6.92 Å². The van der Waals surface area contributed by atoms with Gasteiger partial charge in [0.2, 0.25) is 5.91 Å².